The van der Waals surface area contributed by atoms with Crippen molar-refractivity contribution < 1.29 is 13.2 Å². The molecule has 2 heterocycles. The van der Waals surface area contributed by atoms with Gasteiger partial charge in [0.2, 0.25) is 0 Å². The van der Waals surface area contributed by atoms with Gasteiger partial charge in [0.1, 0.15) is 0 Å². The Morgan fingerprint density at radius 3 is 2.29 bits per heavy atom. The van der Waals surface area contributed by atoms with Crippen molar-refractivity contribution in [3.63, 3.8) is 0 Å². The average molecular weight is 439 g/mol. The molecule has 0 radical (unpaired) electrons. The number of rotatable bonds is 2. The number of nitrogens with zero attached hydrogens (tertiary/aromatic N) is 2. The van der Waals surface area contributed by atoms with E-state index in [0.717, 1.165) is 23.0 Å². The fourth-order valence-electron chi connectivity index (χ4n) is 3.81. The first kappa shape index (κ1) is 19.5. The first-order valence-corrected chi connectivity index (χ1v) is 9.80. The maximum atomic E-state index is 13.6. The molecule has 0 amide bonds. The Morgan fingerprint density at radius 2 is 1.55 bits per heavy atom. The van der Waals surface area contributed by atoms with Crippen LogP contribution in [0.1, 0.15) is 5.56 Å². The Balaban J connectivity index is 1.89. The van der Waals surface area contributed by atoms with Gasteiger partial charge in [-0.2, -0.15) is 13.2 Å². The summed E-state index contributed by atoms with van der Waals surface area (Å²) >= 11 is 6.00. The molecule has 0 bridgehead atoms. The van der Waals surface area contributed by atoms with Crippen LogP contribution in [0.15, 0.2) is 89.7 Å². The molecule has 0 aliphatic rings. The summed E-state index contributed by atoms with van der Waals surface area (Å²) < 4.78 is 43.0. The van der Waals surface area contributed by atoms with Crippen LogP contribution >= 0.6 is 11.6 Å². The van der Waals surface area contributed by atoms with E-state index in [1.54, 1.807) is 40.8 Å². The summed E-state index contributed by atoms with van der Waals surface area (Å²) in [6, 6.07) is 22.6. The predicted octanol–water partition coefficient (Wildman–Crippen LogP) is 6.58. The summed E-state index contributed by atoms with van der Waals surface area (Å²) in [4.78, 5) is 13.6. The Kier molecular flexibility index (Phi) is 4.41. The van der Waals surface area contributed by atoms with Crippen LogP contribution in [0.3, 0.4) is 0 Å². The lowest BCUT2D eigenvalue weighted by Crippen LogP contribution is -2.26. The molecule has 7 heteroatoms. The summed E-state index contributed by atoms with van der Waals surface area (Å²) in [6.07, 6.45) is -4.49. The summed E-state index contributed by atoms with van der Waals surface area (Å²) in [7, 11) is 0. The standard InChI is InChI=1S/C24H14ClF3N2O/c25-18-8-10-19(11-9-18)29-22(15-5-3-6-17(12-15)24(26,27)28)14-20-13-16-4-1-2-7-21(16)30(20)23(29)31/h1-14H. The predicted molar refractivity (Wildman–Crippen MR) is 116 cm³/mol. The Labute approximate surface area is 179 Å². The summed E-state index contributed by atoms with van der Waals surface area (Å²) in [5, 5.41) is 1.35. The zero-order chi connectivity index (χ0) is 21.8. The highest BCUT2D eigenvalue weighted by molar-refractivity contribution is 6.30. The van der Waals surface area contributed by atoms with Crippen LogP contribution < -0.4 is 5.69 Å². The molecule has 0 atom stereocenters. The van der Waals surface area contributed by atoms with Crippen LogP contribution in [0, 0.1) is 0 Å². The second-order valence-electron chi connectivity index (χ2n) is 7.17. The summed E-state index contributed by atoms with van der Waals surface area (Å²) in [5.74, 6) is 0. The number of benzene rings is 3. The van der Waals surface area contributed by atoms with E-state index in [4.69, 9.17) is 11.6 Å². The van der Waals surface area contributed by atoms with E-state index in [1.807, 2.05) is 30.3 Å². The number of hydrogen-bond acceptors (Lipinski definition) is 1. The van der Waals surface area contributed by atoms with Crippen LogP contribution in [-0.2, 0) is 6.18 Å². The molecule has 2 aromatic heterocycles. The number of hydrogen-bond donors (Lipinski definition) is 0. The molecule has 0 saturated heterocycles. The van der Waals surface area contributed by atoms with Gasteiger partial charge < -0.3 is 0 Å². The van der Waals surface area contributed by atoms with Gasteiger partial charge in [-0.25, -0.2) is 4.79 Å². The smallest absolute Gasteiger partial charge is 0.262 e. The molecule has 5 rings (SSSR count). The van der Waals surface area contributed by atoms with Gasteiger partial charge in [0, 0.05) is 10.4 Å². The van der Waals surface area contributed by atoms with E-state index in [2.05, 4.69) is 0 Å². The third kappa shape index (κ3) is 3.29. The Morgan fingerprint density at radius 1 is 0.806 bits per heavy atom. The first-order chi connectivity index (χ1) is 14.8. The maximum absolute atomic E-state index is 13.6. The average Bonchev–Trinajstić information content (AvgIpc) is 3.13. The van der Waals surface area contributed by atoms with Crippen molar-refractivity contribution >= 4 is 28.0 Å². The SMILES string of the molecule is O=c1n(-c2ccc(Cl)cc2)c(-c2cccc(C(F)(F)F)c2)cc2cc3ccccc3n12. The van der Waals surface area contributed by atoms with Crippen molar-refractivity contribution in [3.8, 4) is 16.9 Å². The van der Waals surface area contributed by atoms with E-state index in [9.17, 15) is 18.0 Å². The number of para-hydroxylation sites is 1. The van der Waals surface area contributed by atoms with Crippen LogP contribution in [-0.4, -0.2) is 8.97 Å². The number of aromatic nitrogens is 2. The second kappa shape index (κ2) is 7.03. The van der Waals surface area contributed by atoms with Gasteiger partial charge in [0.05, 0.1) is 28.0 Å². The molecule has 0 fully saturated rings. The molecular formula is C24H14ClF3N2O. The van der Waals surface area contributed by atoms with Crippen molar-refractivity contribution in [2.75, 3.05) is 0 Å². The fraction of sp³-hybridized carbons (Fsp3) is 0.0417. The molecule has 3 nitrogen and oxygen atoms in total. The van der Waals surface area contributed by atoms with Gasteiger partial charge in [-0.1, -0.05) is 41.9 Å². The zero-order valence-electron chi connectivity index (χ0n) is 15.9. The van der Waals surface area contributed by atoms with E-state index in [1.165, 1.54) is 10.6 Å². The van der Waals surface area contributed by atoms with Crippen LogP contribution in [0.4, 0.5) is 13.2 Å². The monoisotopic (exact) mass is 438 g/mol. The van der Waals surface area contributed by atoms with Crippen molar-refractivity contribution in [3.05, 3.63) is 106 Å². The minimum Gasteiger partial charge on any atom is -0.262 e. The lowest BCUT2D eigenvalue weighted by Gasteiger charge is -2.16. The first-order valence-electron chi connectivity index (χ1n) is 9.43. The van der Waals surface area contributed by atoms with Gasteiger partial charge in [-0.05, 0) is 60.2 Å². The van der Waals surface area contributed by atoms with Crippen LogP contribution in [0.5, 0.6) is 0 Å². The molecule has 3 aromatic carbocycles. The second-order valence-corrected chi connectivity index (χ2v) is 7.60. The zero-order valence-corrected chi connectivity index (χ0v) is 16.7. The third-order valence-electron chi connectivity index (χ3n) is 5.22. The highest BCUT2D eigenvalue weighted by Crippen LogP contribution is 2.33. The lowest BCUT2D eigenvalue weighted by atomic mass is 10.1. The van der Waals surface area contributed by atoms with Gasteiger partial charge >= 0.3 is 11.9 Å². The van der Waals surface area contributed by atoms with Gasteiger partial charge in [0.25, 0.3) is 0 Å². The van der Waals surface area contributed by atoms with Gasteiger partial charge in [-0.15, -0.1) is 0 Å². The molecule has 5 aromatic rings. The molecule has 31 heavy (non-hydrogen) atoms. The number of halogens is 4. The van der Waals surface area contributed by atoms with Gasteiger partial charge in [-0.3, -0.25) is 8.97 Å². The molecule has 0 saturated carbocycles. The Bertz CT molecular complexity index is 1500. The molecule has 0 unspecified atom stereocenters. The van der Waals surface area contributed by atoms with E-state index < -0.39 is 11.7 Å². The molecule has 0 aliphatic carbocycles. The van der Waals surface area contributed by atoms with Crippen molar-refractivity contribution in [1.82, 2.24) is 8.97 Å². The van der Waals surface area contributed by atoms with Crippen LogP contribution in [0.25, 0.3) is 33.4 Å². The minimum absolute atomic E-state index is 0.287. The molecule has 0 N–H and O–H groups in total. The topological polar surface area (TPSA) is 26.4 Å². The molecule has 0 aliphatic heterocycles. The highest BCUT2D eigenvalue weighted by atomic mass is 35.5. The minimum atomic E-state index is -4.49. The summed E-state index contributed by atoms with van der Waals surface area (Å²) in [6.45, 7) is 0. The van der Waals surface area contributed by atoms with Crippen molar-refractivity contribution in [2.24, 2.45) is 0 Å². The third-order valence-corrected chi connectivity index (χ3v) is 5.47. The number of fused-ring (bicyclic) bond motifs is 3. The highest BCUT2D eigenvalue weighted by Gasteiger charge is 2.30. The van der Waals surface area contributed by atoms with Gasteiger partial charge in [0.15, 0.2) is 0 Å². The van der Waals surface area contributed by atoms with Crippen LogP contribution in [0.2, 0.25) is 5.02 Å². The van der Waals surface area contributed by atoms with Crippen molar-refractivity contribution in [2.45, 2.75) is 6.18 Å². The summed E-state index contributed by atoms with van der Waals surface area (Å²) in [5.41, 5.74) is 1.31. The molecule has 0 spiro atoms. The van der Waals surface area contributed by atoms with E-state index in [-0.39, 0.29) is 11.3 Å². The maximum Gasteiger partial charge on any atom is 0.416 e. The molecule has 154 valence electrons. The van der Waals surface area contributed by atoms with E-state index in [0.29, 0.717) is 21.9 Å². The quantitative estimate of drug-likeness (QED) is 0.305. The van der Waals surface area contributed by atoms with Crippen molar-refractivity contribution in [1.29, 1.82) is 0 Å². The fourth-order valence-corrected chi connectivity index (χ4v) is 3.94. The Hall–Kier alpha value is -3.51. The lowest BCUT2D eigenvalue weighted by molar-refractivity contribution is -0.137. The number of alkyl halides is 3. The normalized spacial score (nSPS) is 12.0. The molecular weight excluding hydrogens is 425 g/mol. The van der Waals surface area contributed by atoms with E-state index >= 15 is 0 Å². The largest absolute Gasteiger partial charge is 0.416 e.